The molecule has 0 aliphatic rings. The Kier molecular flexibility index (Phi) is 3.72. The normalized spacial score (nSPS) is 9.72. The van der Waals surface area contributed by atoms with Gasteiger partial charge in [-0.25, -0.2) is 9.97 Å². The van der Waals surface area contributed by atoms with E-state index in [2.05, 4.69) is 16.0 Å². The highest BCUT2D eigenvalue weighted by Gasteiger charge is 2.12. The highest BCUT2D eigenvalue weighted by Crippen LogP contribution is 2.27. The topological polar surface area (TPSA) is 78.8 Å². The van der Waals surface area contributed by atoms with Gasteiger partial charge in [-0.15, -0.1) is 0 Å². The van der Waals surface area contributed by atoms with Gasteiger partial charge in [0.15, 0.2) is 5.82 Å². The summed E-state index contributed by atoms with van der Waals surface area (Å²) in [5, 5.41) is 8.74. The van der Waals surface area contributed by atoms with Crippen molar-refractivity contribution >= 4 is 17.2 Å². The number of nitrogen functional groups attached to an aromatic ring is 1. The van der Waals surface area contributed by atoms with Crippen LogP contribution in [0, 0.1) is 11.3 Å². The lowest BCUT2D eigenvalue weighted by molar-refractivity contribution is 0.922. The van der Waals surface area contributed by atoms with Crippen LogP contribution < -0.4 is 10.6 Å². The molecule has 0 radical (unpaired) electrons. The number of para-hydroxylation sites is 1. The van der Waals surface area contributed by atoms with Gasteiger partial charge in [-0.3, -0.25) is 0 Å². The Labute approximate surface area is 106 Å². The third-order valence-electron chi connectivity index (χ3n) is 2.49. The lowest BCUT2D eigenvalue weighted by atomic mass is 10.2. The zero-order valence-corrected chi connectivity index (χ0v) is 9.82. The van der Waals surface area contributed by atoms with E-state index >= 15 is 0 Å². The second kappa shape index (κ2) is 5.64. The summed E-state index contributed by atoms with van der Waals surface area (Å²) in [7, 11) is 0. The first kappa shape index (κ1) is 11.9. The van der Waals surface area contributed by atoms with Gasteiger partial charge in [-0.1, -0.05) is 18.2 Å². The quantitative estimate of drug-likeness (QED) is 0.883. The number of hydrogen-bond donors (Lipinski definition) is 1. The summed E-state index contributed by atoms with van der Waals surface area (Å²) in [6.07, 6.45) is 3.41. The van der Waals surface area contributed by atoms with E-state index in [1.807, 2.05) is 35.2 Å². The molecule has 0 fully saturated rings. The van der Waals surface area contributed by atoms with Gasteiger partial charge in [-0.2, -0.15) is 5.26 Å². The van der Waals surface area contributed by atoms with Crippen LogP contribution in [0.15, 0.2) is 42.9 Å². The molecule has 0 aliphatic carbocycles. The van der Waals surface area contributed by atoms with Crippen molar-refractivity contribution in [1.82, 2.24) is 9.97 Å². The van der Waals surface area contributed by atoms with Crippen LogP contribution in [-0.2, 0) is 0 Å². The molecule has 2 N–H and O–H groups in total. The highest BCUT2D eigenvalue weighted by molar-refractivity contribution is 5.70. The van der Waals surface area contributed by atoms with E-state index in [1.165, 1.54) is 6.33 Å². The van der Waals surface area contributed by atoms with Gasteiger partial charge in [0.1, 0.15) is 6.33 Å². The highest BCUT2D eigenvalue weighted by atomic mass is 15.2. The molecule has 0 unspecified atom stereocenters. The third-order valence-corrected chi connectivity index (χ3v) is 2.49. The molecule has 5 nitrogen and oxygen atoms in total. The molecule has 0 saturated heterocycles. The van der Waals surface area contributed by atoms with Crippen LogP contribution >= 0.6 is 0 Å². The summed E-state index contributed by atoms with van der Waals surface area (Å²) in [5.41, 5.74) is 7.34. The number of nitrogens with two attached hydrogens (primary N) is 1. The average Bonchev–Trinajstić information content (AvgIpc) is 2.42. The molecule has 1 aromatic carbocycles. The minimum absolute atomic E-state index is 0.401. The van der Waals surface area contributed by atoms with Crippen LogP contribution in [0.1, 0.15) is 6.42 Å². The van der Waals surface area contributed by atoms with E-state index in [1.54, 1.807) is 6.20 Å². The Morgan fingerprint density at radius 3 is 2.72 bits per heavy atom. The van der Waals surface area contributed by atoms with Gasteiger partial charge in [0.05, 0.1) is 24.4 Å². The monoisotopic (exact) mass is 239 g/mol. The Morgan fingerprint density at radius 1 is 1.28 bits per heavy atom. The summed E-state index contributed by atoms with van der Waals surface area (Å²) >= 11 is 0. The summed E-state index contributed by atoms with van der Waals surface area (Å²) < 4.78 is 0. The van der Waals surface area contributed by atoms with Crippen molar-refractivity contribution in [2.75, 3.05) is 17.2 Å². The van der Waals surface area contributed by atoms with Crippen molar-refractivity contribution in [3.8, 4) is 6.07 Å². The minimum Gasteiger partial charge on any atom is -0.394 e. The van der Waals surface area contributed by atoms with Gasteiger partial charge >= 0.3 is 0 Å². The van der Waals surface area contributed by atoms with Crippen molar-refractivity contribution < 1.29 is 0 Å². The first-order valence-electron chi connectivity index (χ1n) is 5.58. The molecule has 2 rings (SSSR count). The summed E-state index contributed by atoms with van der Waals surface area (Å²) in [6.45, 7) is 0.543. The van der Waals surface area contributed by atoms with Crippen LogP contribution in [-0.4, -0.2) is 16.5 Å². The molecule has 2 aromatic rings. The maximum Gasteiger partial charge on any atom is 0.159 e. The maximum atomic E-state index is 8.74. The SMILES string of the molecule is N#CCCN(c1ccccc1)c1ncncc1N. The van der Waals surface area contributed by atoms with Crippen LogP contribution in [0.5, 0.6) is 0 Å². The van der Waals surface area contributed by atoms with E-state index in [0.29, 0.717) is 24.5 Å². The molecule has 0 spiro atoms. The van der Waals surface area contributed by atoms with E-state index < -0.39 is 0 Å². The zero-order valence-electron chi connectivity index (χ0n) is 9.82. The molecule has 0 saturated carbocycles. The fraction of sp³-hybridized carbons (Fsp3) is 0.154. The second-order valence-electron chi connectivity index (χ2n) is 3.70. The first-order chi connectivity index (χ1) is 8.83. The molecule has 0 bridgehead atoms. The predicted octanol–water partition coefficient (Wildman–Crippen LogP) is 2.11. The van der Waals surface area contributed by atoms with E-state index in [-0.39, 0.29) is 0 Å². The number of benzene rings is 1. The largest absolute Gasteiger partial charge is 0.394 e. The number of anilines is 3. The Morgan fingerprint density at radius 2 is 2.06 bits per heavy atom. The molecule has 1 heterocycles. The van der Waals surface area contributed by atoms with Crippen molar-refractivity contribution in [2.45, 2.75) is 6.42 Å². The molecular formula is C13H13N5. The smallest absolute Gasteiger partial charge is 0.159 e. The van der Waals surface area contributed by atoms with Gasteiger partial charge in [-0.05, 0) is 12.1 Å². The molecule has 18 heavy (non-hydrogen) atoms. The summed E-state index contributed by atoms with van der Waals surface area (Å²) in [6, 6.07) is 11.9. The van der Waals surface area contributed by atoms with Crippen LogP contribution in [0.4, 0.5) is 17.2 Å². The van der Waals surface area contributed by atoms with Gasteiger partial charge < -0.3 is 10.6 Å². The number of aromatic nitrogens is 2. The van der Waals surface area contributed by atoms with Gasteiger partial charge in [0.25, 0.3) is 0 Å². The van der Waals surface area contributed by atoms with E-state index in [0.717, 1.165) is 5.69 Å². The Bertz CT molecular complexity index is 547. The second-order valence-corrected chi connectivity index (χ2v) is 3.70. The van der Waals surface area contributed by atoms with E-state index in [4.69, 9.17) is 11.0 Å². The molecule has 0 aliphatic heterocycles. The maximum absolute atomic E-state index is 8.74. The number of hydrogen-bond acceptors (Lipinski definition) is 5. The standard InChI is InChI=1S/C13H13N5/c14-7-4-8-18(11-5-2-1-3-6-11)13-12(15)9-16-10-17-13/h1-3,5-6,9-10H,4,8,15H2. The molecule has 0 amide bonds. The molecular weight excluding hydrogens is 226 g/mol. The van der Waals surface area contributed by atoms with E-state index in [9.17, 15) is 0 Å². The molecule has 1 aromatic heterocycles. The Hall–Kier alpha value is -2.61. The van der Waals surface area contributed by atoms with Crippen molar-refractivity contribution in [3.05, 3.63) is 42.9 Å². The zero-order chi connectivity index (χ0) is 12.8. The predicted molar refractivity (Wildman–Crippen MR) is 70.1 cm³/mol. The molecule has 90 valence electrons. The van der Waals surface area contributed by atoms with Crippen LogP contribution in [0.2, 0.25) is 0 Å². The Balaban J connectivity index is 2.38. The van der Waals surface area contributed by atoms with Crippen molar-refractivity contribution in [3.63, 3.8) is 0 Å². The van der Waals surface area contributed by atoms with Crippen molar-refractivity contribution in [2.24, 2.45) is 0 Å². The molecule has 5 heteroatoms. The molecule has 0 atom stereocenters. The minimum atomic E-state index is 0.401. The number of nitriles is 1. The van der Waals surface area contributed by atoms with Crippen molar-refractivity contribution in [1.29, 1.82) is 5.26 Å². The number of nitrogens with zero attached hydrogens (tertiary/aromatic N) is 4. The van der Waals surface area contributed by atoms with Crippen LogP contribution in [0.25, 0.3) is 0 Å². The third kappa shape index (κ3) is 2.55. The fourth-order valence-electron chi connectivity index (χ4n) is 1.69. The van der Waals surface area contributed by atoms with Crippen LogP contribution in [0.3, 0.4) is 0 Å². The first-order valence-corrected chi connectivity index (χ1v) is 5.58. The van der Waals surface area contributed by atoms with Gasteiger partial charge in [0.2, 0.25) is 0 Å². The average molecular weight is 239 g/mol. The lowest BCUT2D eigenvalue weighted by Gasteiger charge is -2.23. The van der Waals surface area contributed by atoms with Gasteiger partial charge in [0, 0.05) is 12.2 Å². The lowest BCUT2D eigenvalue weighted by Crippen LogP contribution is -2.20. The fourth-order valence-corrected chi connectivity index (χ4v) is 1.69. The summed E-state index contributed by atoms with van der Waals surface area (Å²) in [5.74, 6) is 0.631. The number of rotatable bonds is 4. The summed E-state index contributed by atoms with van der Waals surface area (Å²) in [4.78, 5) is 9.98.